The van der Waals surface area contributed by atoms with E-state index in [0.29, 0.717) is 23.9 Å². The third-order valence-electron chi connectivity index (χ3n) is 4.48. The number of hydrogen-bond donors (Lipinski definition) is 1. The Labute approximate surface area is 118 Å². The highest BCUT2D eigenvalue weighted by Gasteiger charge is 2.38. The first kappa shape index (κ1) is 16.5. The third-order valence-corrected chi connectivity index (χ3v) is 4.48. The maximum absolute atomic E-state index is 10.9. The van der Waals surface area contributed by atoms with Gasteiger partial charge >= 0.3 is 5.97 Å². The van der Waals surface area contributed by atoms with E-state index in [0.717, 1.165) is 0 Å². The third kappa shape index (κ3) is 4.79. The fourth-order valence-corrected chi connectivity index (χ4v) is 3.61. The molecule has 1 saturated carbocycles. The van der Waals surface area contributed by atoms with Crippen LogP contribution in [0.1, 0.15) is 67.2 Å². The van der Waals surface area contributed by atoms with E-state index in [2.05, 4.69) is 46.4 Å². The normalized spacial score (nSPS) is 27.5. The van der Waals surface area contributed by atoms with Crippen LogP contribution in [0.25, 0.3) is 0 Å². The Kier molecular flexibility index (Phi) is 5.05. The molecule has 0 spiro atoms. The number of carboxylic acid groups (broad SMARTS) is 1. The average molecular weight is 269 g/mol. The summed E-state index contributed by atoms with van der Waals surface area (Å²) in [4.78, 5) is 13.3. The minimum Gasteiger partial charge on any atom is -0.481 e. The maximum atomic E-state index is 10.9. The molecule has 0 bridgehead atoms. The van der Waals surface area contributed by atoms with E-state index in [9.17, 15) is 4.79 Å². The van der Waals surface area contributed by atoms with Gasteiger partial charge in [-0.2, -0.15) is 0 Å². The molecular weight excluding hydrogens is 238 g/mol. The number of carbonyl (C=O) groups is 1. The molecule has 0 aliphatic heterocycles. The van der Waals surface area contributed by atoms with Gasteiger partial charge in [0.15, 0.2) is 0 Å². The van der Waals surface area contributed by atoms with Gasteiger partial charge in [0.1, 0.15) is 0 Å². The van der Waals surface area contributed by atoms with E-state index in [4.69, 9.17) is 5.11 Å². The SMILES string of the molecule is CC1CC(C)(C)CCC1N(CCC(=O)O)C(C)(C)C. The molecule has 1 aliphatic carbocycles. The zero-order chi connectivity index (χ0) is 14.8. The zero-order valence-corrected chi connectivity index (χ0v) is 13.5. The van der Waals surface area contributed by atoms with Crippen molar-refractivity contribution in [2.24, 2.45) is 11.3 Å². The Bertz CT molecular complexity index is 317. The number of carboxylic acids is 1. The molecule has 3 heteroatoms. The molecule has 0 aromatic rings. The molecule has 0 amide bonds. The highest BCUT2D eigenvalue weighted by molar-refractivity contribution is 5.66. The Balaban J connectivity index is 2.78. The molecule has 0 aromatic carbocycles. The summed E-state index contributed by atoms with van der Waals surface area (Å²) in [5.41, 5.74) is 0.474. The molecule has 19 heavy (non-hydrogen) atoms. The second-order valence-electron chi connectivity index (χ2n) is 7.96. The summed E-state index contributed by atoms with van der Waals surface area (Å²) in [6, 6.07) is 0.521. The van der Waals surface area contributed by atoms with Gasteiger partial charge in [0.2, 0.25) is 0 Å². The van der Waals surface area contributed by atoms with E-state index in [1.165, 1.54) is 19.3 Å². The van der Waals surface area contributed by atoms with Crippen molar-refractivity contribution in [2.45, 2.75) is 78.8 Å². The minimum atomic E-state index is -0.696. The monoisotopic (exact) mass is 269 g/mol. The number of rotatable bonds is 4. The van der Waals surface area contributed by atoms with Crippen molar-refractivity contribution in [3.05, 3.63) is 0 Å². The largest absolute Gasteiger partial charge is 0.481 e. The molecule has 112 valence electrons. The van der Waals surface area contributed by atoms with Crippen LogP contribution in [-0.2, 0) is 4.79 Å². The van der Waals surface area contributed by atoms with Crippen LogP contribution < -0.4 is 0 Å². The summed E-state index contributed by atoms with van der Waals surface area (Å²) in [7, 11) is 0. The van der Waals surface area contributed by atoms with Crippen molar-refractivity contribution in [2.75, 3.05) is 6.54 Å². The minimum absolute atomic E-state index is 0.0376. The van der Waals surface area contributed by atoms with Crippen molar-refractivity contribution in [3.63, 3.8) is 0 Å². The fourth-order valence-electron chi connectivity index (χ4n) is 3.61. The van der Waals surface area contributed by atoms with E-state index in [1.807, 2.05) is 0 Å². The van der Waals surface area contributed by atoms with Gasteiger partial charge in [-0.3, -0.25) is 9.69 Å². The lowest BCUT2D eigenvalue weighted by atomic mass is 9.69. The van der Waals surface area contributed by atoms with Gasteiger partial charge in [-0.15, -0.1) is 0 Å². The Hall–Kier alpha value is -0.570. The van der Waals surface area contributed by atoms with E-state index < -0.39 is 5.97 Å². The molecule has 1 fully saturated rings. The predicted molar refractivity (Wildman–Crippen MR) is 79.3 cm³/mol. The lowest BCUT2D eigenvalue weighted by Crippen LogP contribution is -2.53. The number of nitrogens with zero attached hydrogens (tertiary/aromatic N) is 1. The van der Waals surface area contributed by atoms with Crippen LogP contribution in [0.5, 0.6) is 0 Å². The summed E-state index contributed by atoms with van der Waals surface area (Å²) < 4.78 is 0. The molecule has 1 N–H and O–H groups in total. The van der Waals surface area contributed by atoms with Gasteiger partial charge < -0.3 is 5.11 Å². The van der Waals surface area contributed by atoms with Gasteiger partial charge in [0.25, 0.3) is 0 Å². The van der Waals surface area contributed by atoms with E-state index >= 15 is 0 Å². The van der Waals surface area contributed by atoms with E-state index in [1.54, 1.807) is 0 Å². The van der Waals surface area contributed by atoms with Crippen molar-refractivity contribution in [1.29, 1.82) is 0 Å². The summed E-state index contributed by atoms with van der Waals surface area (Å²) in [5, 5.41) is 8.95. The first-order valence-corrected chi connectivity index (χ1v) is 7.51. The average Bonchev–Trinajstić information content (AvgIpc) is 2.17. The van der Waals surface area contributed by atoms with Crippen LogP contribution >= 0.6 is 0 Å². The quantitative estimate of drug-likeness (QED) is 0.844. The van der Waals surface area contributed by atoms with Gasteiger partial charge in [-0.25, -0.2) is 0 Å². The predicted octanol–water partition coefficient (Wildman–Crippen LogP) is 3.78. The van der Waals surface area contributed by atoms with Crippen molar-refractivity contribution < 1.29 is 9.90 Å². The van der Waals surface area contributed by atoms with Crippen LogP contribution in [0, 0.1) is 11.3 Å². The van der Waals surface area contributed by atoms with Gasteiger partial charge in [0, 0.05) is 18.1 Å². The summed E-state index contributed by atoms with van der Waals surface area (Å²) in [6.45, 7) is 14.3. The molecule has 1 rings (SSSR count). The summed E-state index contributed by atoms with van der Waals surface area (Å²) >= 11 is 0. The fraction of sp³-hybridized carbons (Fsp3) is 0.938. The van der Waals surface area contributed by atoms with Crippen LogP contribution in [0.3, 0.4) is 0 Å². The highest BCUT2D eigenvalue weighted by Crippen LogP contribution is 2.41. The van der Waals surface area contributed by atoms with Gasteiger partial charge in [0.05, 0.1) is 6.42 Å². The summed E-state index contributed by atoms with van der Waals surface area (Å²) in [5.74, 6) is -0.0604. The molecule has 3 nitrogen and oxygen atoms in total. The van der Waals surface area contributed by atoms with Gasteiger partial charge in [-0.05, 0) is 51.4 Å². The van der Waals surface area contributed by atoms with Crippen LogP contribution in [0.15, 0.2) is 0 Å². The topological polar surface area (TPSA) is 40.5 Å². The maximum Gasteiger partial charge on any atom is 0.304 e. The van der Waals surface area contributed by atoms with Crippen LogP contribution in [-0.4, -0.2) is 34.1 Å². The first-order chi connectivity index (χ1) is 8.53. The standard InChI is InChI=1S/C16H31NO2/c1-12-11-16(5,6)9-7-13(12)17(15(2,3)4)10-8-14(18)19/h12-13H,7-11H2,1-6H3,(H,18,19). The molecule has 0 saturated heterocycles. The molecule has 0 aromatic heterocycles. The summed E-state index contributed by atoms with van der Waals surface area (Å²) in [6.07, 6.45) is 3.90. The van der Waals surface area contributed by atoms with Gasteiger partial charge in [-0.1, -0.05) is 20.8 Å². The molecule has 0 radical (unpaired) electrons. The molecule has 2 unspecified atom stereocenters. The highest BCUT2D eigenvalue weighted by atomic mass is 16.4. The molecule has 1 aliphatic rings. The second kappa shape index (κ2) is 5.82. The Morgan fingerprint density at radius 2 is 1.95 bits per heavy atom. The lowest BCUT2D eigenvalue weighted by molar-refractivity contribution is -0.138. The van der Waals surface area contributed by atoms with Crippen molar-refractivity contribution in [1.82, 2.24) is 4.90 Å². The van der Waals surface area contributed by atoms with E-state index in [-0.39, 0.29) is 12.0 Å². The Morgan fingerprint density at radius 3 is 2.37 bits per heavy atom. The zero-order valence-electron chi connectivity index (χ0n) is 13.5. The van der Waals surface area contributed by atoms with Crippen molar-refractivity contribution in [3.8, 4) is 0 Å². The smallest absolute Gasteiger partial charge is 0.304 e. The second-order valence-corrected chi connectivity index (χ2v) is 7.96. The molecular formula is C16H31NO2. The first-order valence-electron chi connectivity index (χ1n) is 7.51. The number of aliphatic carboxylic acids is 1. The molecule has 2 atom stereocenters. The lowest BCUT2D eigenvalue weighted by Gasteiger charge is -2.49. The van der Waals surface area contributed by atoms with Crippen LogP contribution in [0.4, 0.5) is 0 Å². The Morgan fingerprint density at radius 1 is 1.37 bits per heavy atom. The van der Waals surface area contributed by atoms with Crippen LogP contribution in [0.2, 0.25) is 0 Å². The number of hydrogen-bond acceptors (Lipinski definition) is 2. The molecule has 0 heterocycles. The van der Waals surface area contributed by atoms with Crippen molar-refractivity contribution >= 4 is 5.97 Å².